The van der Waals surface area contributed by atoms with Gasteiger partial charge >= 0.3 is 7.82 Å². The molecule has 0 aromatic carbocycles. The molecule has 0 heterocycles. The van der Waals surface area contributed by atoms with E-state index in [0.717, 1.165) is 38.5 Å². The number of rotatable bonds is 43. The van der Waals surface area contributed by atoms with Crippen LogP contribution in [0.25, 0.3) is 0 Å². The van der Waals surface area contributed by atoms with E-state index in [4.69, 9.17) is 9.05 Å². The van der Waals surface area contributed by atoms with E-state index in [2.05, 4.69) is 19.2 Å². The fourth-order valence-electron chi connectivity index (χ4n) is 7.11. The van der Waals surface area contributed by atoms with Crippen LogP contribution in [0.15, 0.2) is 0 Å². The van der Waals surface area contributed by atoms with E-state index in [0.29, 0.717) is 23.9 Å². The third-order valence-electron chi connectivity index (χ3n) is 10.9. The van der Waals surface area contributed by atoms with Crippen LogP contribution in [0.1, 0.15) is 232 Å². The predicted octanol–water partition coefficient (Wildman–Crippen LogP) is 13.0. The van der Waals surface area contributed by atoms with E-state index < -0.39 is 20.0 Å². The lowest BCUT2D eigenvalue weighted by molar-refractivity contribution is -0.870. The van der Waals surface area contributed by atoms with E-state index in [1.807, 2.05) is 21.1 Å². The molecule has 54 heavy (non-hydrogen) atoms. The van der Waals surface area contributed by atoms with E-state index in [9.17, 15) is 19.4 Å². The molecule has 0 fully saturated rings. The fraction of sp³-hybridized carbons (Fsp3) is 0.978. The van der Waals surface area contributed by atoms with Crippen molar-refractivity contribution >= 4 is 13.7 Å². The van der Waals surface area contributed by atoms with Crippen LogP contribution in [0.2, 0.25) is 0 Å². The Morgan fingerprint density at radius 1 is 0.556 bits per heavy atom. The maximum Gasteiger partial charge on any atom is 0.472 e. The molecule has 0 bridgehead atoms. The number of hydrogen-bond donors (Lipinski definition) is 3. The summed E-state index contributed by atoms with van der Waals surface area (Å²) in [6.45, 7) is 4.75. The molecule has 0 rings (SSSR count). The lowest BCUT2D eigenvalue weighted by Gasteiger charge is -2.26. The van der Waals surface area contributed by atoms with Gasteiger partial charge in [-0.1, -0.05) is 213 Å². The number of hydrogen-bond acceptors (Lipinski definition) is 5. The van der Waals surface area contributed by atoms with Gasteiger partial charge in [-0.2, -0.15) is 0 Å². The number of amides is 1. The Bertz CT molecular complexity index is 855. The van der Waals surface area contributed by atoms with Crippen molar-refractivity contribution < 1.29 is 32.9 Å². The van der Waals surface area contributed by atoms with E-state index in [-0.39, 0.29) is 19.1 Å². The summed E-state index contributed by atoms with van der Waals surface area (Å²) in [6.07, 6.45) is 42.4. The van der Waals surface area contributed by atoms with Crippen LogP contribution in [0, 0.1) is 0 Å². The lowest BCUT2D eigenvalue weighted by atomic mass is 10.0. The molecule has 0 aliphatic heterocycles. The number of aliphatic hydroxyl groups is 1. The van der Waals surface area contributed by atoms with Gasteiger partial charge in [0.05, 0.1) is 39.9 Å². The maximum absolute atomic E-state index is 12.7. The number of phosphoric acid groups is 1. The highest BCUT2D eigenvalue weighted by atomic mass is 31.2. The van der Waals surface area contributed by atoms with Gasteiger partial charge in [0.1, 0.15) is 13.2 Å². The molecule has 3 unspecified atom stereocenters. The molecule has 0 aromatic heterocycles. The number of carbonyl (C=O) groups excluding carboxylic acids is 1. The molecule has 0 aliphatic carbocycles. The average Bonchev–Trinajstić information content (AvgIpc) is 3.12. The minimum atomic E-state index is -4.28. The minimum absolute atomic E-state index is 0.0764. The van der Waals surface area contributed by atoms with Crippen LogP contribution < -0.4 is 5.32 Å². The first-order chi connectivity index (χ1) is 26.0. The standard InChI is InChI=1S/C45H93N2O6P/c1-6-8-10-11-12-13-14-15-16-17-18-19-20-21-22-23-24-25-26-27-28-29-30-31-32-33-34-35-37-39-45(49)46-43(44(48)38-36-9-7-2)42-53-54(50,51)52-41-40-47(3,4)5/h43-44,48H,6-42H2,1-5H3,(H-,46,49,50,51)/p+1. The third-order valence-corrected chi connectivity index (χ3v) is 11.8. The molecule has 0 aliphatic rings. The van der Waals surface area contributed by atoms with Crippen molar-refractivity contribution in [2.45, 2.75) is 244 Å². The minimum Gasteiger partial charge on any atom is -0.391 e. The summed E-state index contributed by atoms with van der Waals surface area (Å²) in [6, 6.07) is -0.750. The monoisotopic (exact) mass is 790 g/mol. The van der Waals surface area contributed by atoms with Crippen molar-refractivity contribution in [3.8, 4) is 0 Å². The fourth-order valence-corrected chi connectivity index (χ4v) is 7.84. The smallest absolute Gasteiger partial charge is 0.391 e. The Morgan fingerprint density at radius 3 is 1.24 bits per heavy atom. The Hall–Kier alpha value is -0.500. The van der Waals surface area contributed by atoms with Gasteiger partial charge in [0.25, 0.3) is 0 Å². The third kappa shape index (κ3) is 39.7. The van der Waals surface area contributed by atoms with Crippen LogP contribution >= 0.6 is 7.82 Å². The van der Waals surface area contributed by atoms with Gasteiger partial charge in [-0.15, -0.1) is 0 Å². The van der Waals surface area contributed by atoms with Crippen LogP contribution in [-0.4, -0.2) is 73.4 Å². The lowest BCUT2D eigenvalue weighted by Crippen LogP contribution is -2.46. The van der Waals surface area contributed by atoms with Gasteiger partial charge in [-0.25, -0.2) is 4.57 Å². The molecule has 3 atom stereocenters. The highest BCUT2D eigenvalue weighted by Gasteiger charge is 2.28. The summed E-state index contributed by atoms with van der Waals surface area (Å²) in [4.78, 5) is 22.8. The molecule has 9 heteroatoms. The molecule has 0 radical (unpaired) electrons. The Kier molecular flexibility index (Phi) is 37.7. The van der Waals surface area contributed by atoms with Gasteiger partial charge in [0.2, 0.25) is 5.91 Å². The van der Waals surface area contributed by atoms with Crippen LogP contribution in [0.4, 0.5) is 0 Å². The Morgan fingerprint density at radius 2 is 0.889 bits per heavy atom. The Labute approximate surface area is 336 Å². The van der Waals surface area contributed by atoms with Crippen molar-refractivity contribution in [1.29, 1.82) is 0 Å². The number of aliphatic hydroxyl groups excluding tert-OH is 1. The second kappa shape index (κ2) is 38.0. The summed E-state index contributed by atoms with van der Waals surface area (Å²) in [7, 11) is 1.62. The maximum atomic E-state index is 12.7. The van der Waals surface area contributed by atoms with E-state index >= 15 is 0 Å². The first kappa shape index (κ1) is 53.5. The van der Waals surface area contributed by atoms with Crippen LogP contribution in [0.5, 0.6) is 0 Å². The molecule has 0 aromatic rings. The van der Waals surface area contributed by atoms with Gasteiger partial charge in [-0.3, -0.25) is 13.8 Å². The van der Waals surface area contributed by atoms with Crippen LogP contribution in [0.3, 0.4) is 0 Å². The van der Waals surface area contributed by atoms with Crippen LogP contribution in [-0.2, 0) is 18.4 Å². The quantitative estimate of drug-likeness (QED) is 0.0323. The van der Waals surface area contributed by atoms with Crippen molar-refractivity contribution in [3.05, 3.63) is 0 Å². The zero-order chi connectivity index (χ0) is 40.0. The second-order valence-electron chi connectivity index (χ2n) is 17.5. The highest BCUT2D eigenvalue weighted by Crippen LogP contribution is 2.43. The van der Waals surface area contributed by atoms with Gasteiger partial charge in [0.15, 0.2) is 0 Å². The van der Waals surface area contributed by atoms with Crippen molar-refractivity contribution in [2.24, 2.45) is 0 Å². The molecule has 324 valence electrons. The zero-order valence-electron chi connectivity index (χ0n) is 36.7. The molecule has 0 spiro atoms. The summed E-state index contributed by atoms with van der Waals surface area (Å²) >= 11 is 0. The van der Waals surface area contributed by atoms with Gasteiger partial charge < -0.3 is 19.8 Å². The largest absolute Gasteiger partial charge is 0.472 e. The predicted molar refractivity (Wildman–Crippen MR) is 231 cm³/mol. The summed E-state index contributed by atoms with van der Waals surface area (Å²) in [5, 5.41) is 13.6. The molecule has 0 saturated heterocycles. The molecule has 0 saturated carbocycles. The molecule has 8 nitrogen and oxygen atoms in total. The number of likely N-dealkylation sites (N-methyl/N-ethyl adjacent to an activating group) is 1. The van der Waals surface area contributed by atoms with Crippen molar-refractivity contribution in [2.75, 3.05) is 40.9 Å². The SMILES string of the molecule is CCCCCCCCCCCCCCCCCCCCCCCCCCCCCCCC(=O)NC(COP(=O)(O)OCC[N+](C)(C)C)C(O)CCCCC. The first-order valence-electron chi connectivity index (χ1n) is 23.4. The summed E-state index contributed by atoms with van der Waals surface area (Å²) in [5.74, 6) is -0.151. The number of quaternary nitrogens is 1. The van der Waals surface area contributed by atoms with E-state index in [1.54, 1.807) is 0 Å². The molecule has 1 amide bonds. The topological polar surface area (TPSA) is 105 Å². The van der Waals surface area contributed by atoms with Crippen molar-refractivity contribution in [1.82, 2.24) is 5.32 Å². The number of phosphoric ester groups is 1. The zero-order valence-corrected chi connectivity index (χ0v) is 37.6. The number of carbonyl (C=O) groups is 1. The number of nitrogens with zero attached hydrogens (tertiary/aromatic N) is 1. The molecular weight excluding hydrogens is 695 g/mol. The highest BCUT2D eigenvalue weighted by molar-refractivity contribution is 7.47. The Balaban J connectivity index is 3.71. The summed E-state index contributed by atoms with van der Waals surface area (Å²) < 4.78 is 23.3. The van der Waals surface area contributed by atoms with Gasteiger partial charge in [-0.05, 0) is 12.8 Å². The number of unbranched alkanes of at least 4 members (excludes halogenated alkanes) is 30. The number of nitrogens with one attached hydrogen (secondary N) is 1. The van der Waals surface area contributed by atoms with E-state index in [1.165, 1.54) is 167 Å². The summed E-state index contributed by atoms with van der Waals surface area (Å²) in [5.41, 5.74) is 0. The first-order valence-corrected chi connectivity index (χ1v) is 24.9. The normalized spacial score (nSPS) is 14.3. The van der Waals surface area contributed by atoms with Crippen molar-refractivity contribution in [3.63, 3.8) is 0 Å². The second-order valence-corrected chi connectivity index (χ2v) is 19.0. The molecular formula is C45H94N2O6P+. The molecule has 3 N–H and O–H groups in total. The average molecular weight is 790 g/mol. The van der Waals surface area contributed by atoms with Gasteiger partial charge in [0, 0.05) is 6.42 Å².